The van der Waals surface area contributed by atoms with Crippen LogP contribution in [0.15, 0.2) is 48.5 Å². The van der Waals surface area contributed by atoms with Gasteiger partial charge < -0.3 is 5.32 Å². The van der Waals surface area contributed by atoms with Crippen LogP contribution in [0.2, 0.25) is 0 Å². The van der Waals surface area contributed by atoms with Crippen molar-refractivity contribution in [3.8, 4) is 0 Å². The summed E-state index contributed by atoms with van der Waals surface area (Å²) >= 11 is 0. The Morgan fingerprint density at radius 2 is 1.56 bits per heavy atom. The summed E-state index contributed by atoms with van der Waals surface area (Å²) in [5.74, 6) is -0.963. The van der Waals surface area contributed by atoms with Crippen molar-refractivity contribution in [3.05, 3.63) is 71.0 Å². The summed E-state index contributed by atoms with van der Waals surface area (Å²) in [6.45, 7) is 0. The molecule has 0 spiro atoms. The van der Waals surface area contributed by atoms with E-state index in [4.69, 9.17) is 0 Å². The number of fused-ring (bicyclic) bond motifs is 1. The maximum atomic E-state index is 13.2. The molecule has 5 nitrogen and oxygen atoms in total. The van der Waals surface area contributed by atoms with Crippen LogP contribution in [0.25, 0.3) is 0 Å². The van der Waals surface area contributed by atoms with Crippen LogP contribution >= 0.6 is 0 Å². The van der Waals surface area contributed by atoms with Crippen molar-refractivity contribution in [2.75, 3.05) is 0 Å². The van der Waals surface area contributed by atoms with Crippen molar-refractivity contribution in [3.63, 3.8) is 0 Å². The largest absolute Gasteiger partial charge is 0.349 e. The molecule has 1 aliphatic heterocycles. The molecule has 3 amide bonds. The van der Waals surface area contributed by atoms with Crippen LogP contribution in [0.4, 0.5) is 4.39 Å². The van der Waals surface area contributed by atoms with Crippen molar-refractivity contribution in [1.29, 1.82) is 0 Å². The maximum Gasteiger partial charge on any atom is 0.261 e. The first-order chi connectivity index (χ1) is 12.1. The van der Waals surface area contributed by atoms with Gasteiger partial charge in [-0.05, 0) is 42.7 Å². The topological polar surface area (TPSA) is 66.5 Å². The van der Waals surface area contributed by atoms with Crippen LogP contribution in [0.3, 0.4) is 0 Å². The number of benzene rings is 2. The third-order valence-electron chi connectivity index (χ3n) is 5.09. The van der Waals surface area contributed by atoms with Crippen LogP contribution < -0.4 is 5.32 Å². The quantitative estimate of drug-likeness (QED) is 0.687. The minimum Gasteiger partial charge on any atom is -0.349 e. The number of rotatable bonds is 4. The van der Waals surface area contributed by atoms with Gasteiger partial charge >= 0.3 is 0 Å². The summed E-state index contributed by atoms with van der Waals surface area (Å²) in [5.41, 5.74) is 0.897. The van der Waals surface area contributed by atoms with Gasteiger partial charge in [0.15, 0.2) is 0 Å². The standard InChI is InChI=1S/C19H15FN2O3/c20-13-7-5-12(6-8-13)19(21-11-23)9-14(10-19)22-17(24)15-3-1-2-4-16(15)18(22)25/h1-8,11,14H,9-10H2,(H,21,23). The fourth-order valence-corrected chi connectivity index (χ4v) is 3.79. The van der Waals surface area contributed by atoms with E-state index >= 15 is 0 Å². The lowest BCUT2D eigenvalue weighted by Crippen LogP contribution is -2.61. The first-order valence-corrected chi connectivity index (χ1v) is 8.00. The first kappa shape index (κ1) is 15.5. The zero-order valence-electron chi connectivity index (χ0n) is 13.2. The molecule has 0 aromatic heterocycles. The van der Waals surface area contributed by atoms with E-state index in [0.717, 1.165) is 5.56 Å². The minimum atomic E-state index is -0.685. The molecule has 0 atom stereocenters. The molecule has 126 valence electrons. The summed E-state index contributed by atoms with van der Waals surface area (Å²) in [6, 6.07) is 12.3. The number of hydrogen-bond acceptors (Lipinski definition) is 3. The Labute approximate surface area is 143 Å². The fourth-order valence-electron chi connectivity index (χ4n) is 3.79. The van der Waals surface area contributed by atoms with E-state index in [2.05, 4.69) is 5.32 Å². The van der Waals surface area contributed by atoms with E-state index in [9.17, 15) is 18.8 Å². The Hall–Kier alpha value is -3.02. The van der Waals surface area contributed by atoms with Gasteiger partial charge in [-0.15, -0.1) is 0 Å². The van der Waals surface area contributed by atoms with Gasteiger partial charge in [0.25, 0.3) is 11.8 Å². The van der Waals surface area contributed by atoms with E-state index in [0.29, 0.717) is 30.4 Å². The lowest BCUT2D eigenvalue weighted by Gasteiger charge is -2.50. The average Bonchev–Trinajstić information content (AvgIpc) is 2.83. The van der Waals surface area contributed by atoms with Gasteiger partial charge in [-0.2, -0.15) is 0 Å². The summed E-state index contributed by atoms with van der Waals surface area (Å²) in [5, 5.41) is 2.78. The molecule has 0 radical (unpaired) electrons. The third-order valence-corrected chi connectivity index (χ3v) is 5.09. The molecule has 2 aromatic rings. The van der Waals surface area contributed by atoms with Gasteiger partial charge in [0.1, 0.15) is 5.82 Å². The third kappa shape index (κ3) is 2.25. The summed E-state index contributed by atoms with van der Waals surface area (Å²) in [7, 11) is 0. The predicted molar refractivity (Wildman–Crippen MR) is 87.2 cm³/mol. The minimum absolute atomic E-state index is 0.301. The van der Waals surface area contributed by atoms with Gasteiger partial charge in [0.05, 0.1) is 16.7 Å². The summed E-state index contributed by atoms with van der Waals surface area (Å²) in [6.07, 6.45) is 1.41. The predicted octanol–water partition coefficient (Wildman–Crippen LogP) is 2.23. The lowest BCUT2D eigenvalue weighted by molar-refractivity contribution is -0.113. The second-order valence-electron chi connectivity index (χ2n) is 6.44. The van der Waals surface area contributed by atoms with Gasteiger partial charge in [-0.25, -0.2) is 4.39 Å². The van der Waals surface area contributed by atoms with Crippen molar-refractivity contribution in [2.45, 2.75) is 24.4 Å². The Morgan fingerprint density at radius 1 is 1.00 bits per heavy atom. The molecule has 0 saturated heterocycles. The molecule has 4 rings (SSSR count). The zero-order valence-corrected chi connectivity index (χ0v) is 13.2. The molecule has 1 heterocycles. The van der Waals surface area contributed by atoms with Crippen LogP contribution in [0.1, 0.15) is 39.1 Å². The van der Waals surface area contributed by atoms with E-state index in [1.54, 1.807) is 36.4 Å². The number of nitrogens with one attached hydrogen (secondary N) is 1. The van der Waals surface area contributed by atoms with Gasteiger partial charge in [-0.1, -0.05) is 24.3 Å². The van der Waals surface area contributed by atoms with Crippen LogP contribution in [0, 0.1) is 5.82 Å². The molecule has 1 aliphatic carbocycles. The number of imide groups is 1. The fraction of sp³-hybridized carbons (Fsp3) is 0.211. The van der Waals surface area contributed by atoms with Crippen molar-refractivity contribution in [1.82, 2.24) is 10.2 Å². The summed E-state index contributed by atoms with van der Waals surface area (Å²) < 4.78 is 13.2. The highest BCUT2D eigenvalue weighted by Crippen LogP contribution is 2.45. The molecule has 1 fully saturated rings. The van der Waals surface area contributed by atoms with Crippen LogP contribution in [0.5, 0.6) is 0 Å². The molecule has 2 aromatic carbocycles. The van der Waals surface area contributed by atoms with E-state index in [-0.39, 0.29) is 23.7 Å². The van der Waals surface area contributed by atoms with Crippen molar-refractivity contribution in [2.24, 2.45) is 0 Å². The molecule has 6 heteroatoms. The molecule has 2 aliphatic rings. The molecule has 1 saturated carbocycles. The van der Waals surface area contributed by atoms with E-state index < -0.39 is 5.54 Å². The van der Waals surface area contributed by atoms with Gasteiger partial charge in [-0.3, -0.25) is 19.3 Å². The number of nitrogens with zero attached hydrogens (tertiary/aromatic N) is 1. The Balaban J connectivity index is 1.60. The number of carbonyl (C=O) groups is 3. The molecule has 0 bridgehead atoms. The monoisotopic (exact) mass is 338 g/mol. The molecular weight excluding hydrogens is 323 g/mol. The molecular formula is C19H15FN2O3. The van der Waals surface area contributed by atoms with Gasteiger partial charge in [0, 0.05) is 6.04 Å². The Morgan fingerprint density at radius 3 is 2.08 bits per heavy atom. The van der Waals surface area contributed by atoms with E-state index in [1.165, 1.54) is 17.0 Å². The van der Waals surface area contributed by atoms with Crippen LogP contribution in [-0.4, -0.2) is 29.2 Å². The zero-order chi connectivity index (χ0) is 17.6. The second kappa shape index (κ2) is 5.51. The number of amides is 3. The Bertz CT molecular complexity index is 837. The van der Waals surface area contributed by atoms with E-state index in [1.807, 2.05) is 0 Å². The SMILES string of the molecule is O=CNC1(c2ccc(F)cc2)CC(N2C(=O)c3ccccc3C2=O)C1. The average molecular weight is 338 g/mol. The second-order valence-corrected chi connectivity index (χ2v) is 6.44. The highest BCUT2D eigenvalue weighted by atomic mass is 19.1. The molecule has 0 unspecified atom stereocenters. The maximum absolute atomic E-state index is 13.2. The number of halogens is 1. The van der Waals surface area contributed by atoms with Crippen LogP contribution in [-0.2, 0) is 10.3 Å². The highest BCUT2D eigenvalue weighted by molar-refractivity contribution is 6.21. The number of hydrogen-bond donors (Lipinski definition) is 1. The van der Waals surface area contributed by atoms with Gasteiger partial charge in [0.2, 0.25) is 6.41 Å². The van der Waals surface area contributed by atoms with Crippen molar-refractivity contribution >= 4 is 18.2 Å². The Kier molecular flexibility index (Phi) is 3.42. The normalized spacial score (nSPS) is 24.7. The first-order valence-electron chi connectivity index (χ1n) is 8.00. The molecule has 25 heavy (non-hydrogen) atoms. The summed E-state index contributed by atoms with van der Waals surface area (Å²) in [4.78, 5) is 37.4. The number of carbonyl (C=O) groups excluding carboxylic acids is 3. The smallest absolute Gasteiger partial charge is 0.261 e. The lowest BCUT2D eigenvalue weighted by atomic mass is 9.67. The van der Waals surface area contributed by atoms with Crippen molar-refractivity contribution < 1.29 is 18.8 Å². The highest BCUT2D eigenvalue weighted by Gasteiger charge is 2.52. The molecule has 1 N–H and O–H groups in total.